The fourth-order valence-electron chi connectivity index (χ4n) is 0.998. The van der Waals surface area contributed by atoms with E-state index < -0.39 is 48.4 Å². The second-order valence-corrected chi connectivity index (χ2v) is 4.30. The number of halogens is 8. The summed E-state index contributed by atoms with van der Waals surface area (Å²) in [7, 11) is 0. The van der Waals surface area contributed by atoms with Gasteiger partial charge in [-0.15, -0.1) is 0 Å². The Morgan fingerprint density at radius 2 is 1.48 bits per heavy atom. The lowest BCUT2D eigenvalue weighted by atomic mass is 9.92. The fourth-order valence-corrected chi connectivity index (χ4v) is 0.998. The van der Waals surface area contributed by atoms with Gasteiger partial charge in [-0.1, -0.05) is 6.58 Å². The molecule has 0 aliphatic heterocycles. The second-order valence-electron chi connectivity index (χ2n) is 4.30. The van der Waals surface area contributed by atoms with Crippen molar-refractivity contribution in [2.24, 2.45) is 0 Å². The van der Waals surface area contributed by atoms with Crippen molar-refractivity contribution in [2.45, 2.75) is 43.8 Å². The van der Waals surface area contributed by atoms with E-state index in [-0.39, 0.29) is 0 Å². The first-order valence-electron chi connectivity index (χ1n) is 5.06. The molecule has 3 nitrogen and oxygen atoms in total. The molecule has 0 fully saturated rings. The SMILES string of the molecule is C=C(C)C(=O)OC(C(F)(F)F)C(F)(F)C(C)(O)C(F)(F)F. The minimum absolute atomic E-state index is 0.555. The molecule has 0 saturated carbocycles. The molecule has 2 unspecified atom stereocenters. The lowest BCUT2D eigenvalue weighted by Gasteiger charge is -2.38. The maximum absolute atomic E-state index is 13.5. The van der Waals surface area contributed by atoms with E-state index in [1.807, 2.05) is 0 Å². The van der Waals surface area contributed by atoms with Crippen LogP contribution < -0.4 is 0 Å². The third kappa shape index (κ3) is 3.83. The van der Waals surface area contributed by atoms with E-state index in [2.05, 4.69) is 11.3 Å². The monoisotopic (exact) mass is 330 g/mol. The molecule has 0 radical (unpaired) electrons. The molecule has 124 valence electrons. The topological polar surface area (TPSA) is 46.5 Å². The molecule has 0 rings (SSSR count). The van der Waals surface area contributed by atoms with Gasteiger partial charge in [-0.05, 0) is 13.8 Å². The highest BCUT2D eigenvalue weighted by Crippen LogP contribution is 2.48. The summed E-state index contributed by atoms with van der Waals surface area (Å²) in [6, 6.07) is 0. The van der Waals surface area contributed by atoms with Gasteiger partial charge in [0.15, 0.2) is 0 Å². The standard InChI is InChI=1S/C10H10F8O3/c1-4(2)5(19)21-6(9(13,14)15)8(11,12)7(3,20)10(16,17)18/h6,20H,1H2,2-3H3. The highest BCUT2D eigenvalue weighted by Gasteiger charge is 2.74. The number of esters is 1. The summed E-state index contributed by atoms with van der Waals surface area (Å²) in [5.41, 5.74) is -5.82. The van der Waals surface area contributed by atoms with Gasteiger partial charge < -0.3 is 9.84 Å². The van der Waals surface area contributed by atoms with Crippen LogP contribution in [0, 0.1) is 0 Å². The van der Waals surface area contributed by atoms with E-state index in [9.17, 15) is 39.9 Å². The molecule has 2 atom stereocenters. The quantitative estimate of drug-likeness (QED) is 0.490. The number of alkyl halides is 8. The zero-order valence-electron chi connectivity index (χ0n) is 10.6. The Morgan fingerprint density at radius 3 is 1.71 bits per heavy atom. The Hall–Kier alpha value is -1.39. The van der Waals surface area contributed by atoms with E-state index in [0.717, 1.165) is 6.92 Å². The van der Waals surface area contributed by atoms with E-state index in [1.165, 1.54) is 0 Å². The average Bonchev–Trinajstić information content (AvgIpc) is 2.21. The number of hydrogen-bond acceptors (Lipinski definition) is 3. The number of carbonyl (C=O) groups excluding carboxylic acids is 1. The number of rotatable bonds is 4. The summed E-state index contributed by atoms with van der Waals surface area (Å²) in [5, 5.41) is 8.78. The molecule has 11 heteroatoms. The second kappa shape index (κ2) is 5.43. The lowest BCUT2D eigenvalue weighted by Crippen LogP contribution is -2.65. The van der Waals surface area contributed by atoms with Crippen LogP contribution in [0.3, 0.4) is 0 Å². The van der Waals surface area contributed by atoms with Crippen LogP contribution in [0.2, 0.25) is 0 Å². The van der Waals surface area contributed by atoms with Crippen LogP contribution in [0.1, 0.15) is 13.8 Å². The fraction of sp³-hybridized carbons (Fsp3) is 0.700. The Balaban J connectivity index is 5.84. The number of aliphatic hydroxyl groups is 1. The largest absolute Gasteiger partial charge is 0.443 e. The Kier molecular flexibility index (Phi) is 5.07. The number of hydrogen-bond donors (Lipinski definition) is 1. The van der Waals surface area contributed by atoms with Gasteiger partial charge in [0.2, 0.25) is 5.60 Å². The van der Waals surface area contributed by atoms with E-state index >= 15 is 0 Å². The molecule has 21 heavy (non-hydrogen) atoms. The first-order valence-corrected chi connectivity index (χ1v) is 5.06. The van der Waals surface area contributed by atoms with Crippen molar-refractivity contribution >= 4 is 5.97 Å². The highest BCUT2D eigenvalue weighted by atomic mass is 19.4. The normalized spacial score (nSPS) is 17.9. The van der Waals surface area contributed by atoms with E-state index in [0.29, 0.717) is 0 Å². The molecule has 0 aliphatic carbocycles. The summed E-state index contributed by atoms with van der Waals surface area (Å²) in [4.78, 5) is 10.9. The molecule has 1 N–H and O–H groups in total. The molecule has 0 aromatic heterocycles. The third-order valence-corrected chi connectivity index (χ3v) is 2.40. The molecular formula is C10H10F8O3. The molecule has 0 heterocycles. The van der Waals surface area contributed by atoms with Gasteiger partial charge in [-0.25, -0.2) is 4.79 Å². The summed E-state index contributed by atoms with van der Waals surface area (Å²) in [6.45, 7) is 3.06. The van der Waals surface area contributed by atoms with Gasteiger partial charge >= 0.3 is 24.2 Å². The zero-order valence-corrected chi connectivity index (χ0v) is 10.6. The molecule has 0 aliphatic rings. The third-order valence-electron chi connectivity index (χ3n) is 2.40. The van der Waals surface area contributed by atoms with Gasteiger partial charge in [0.1, 0.15) is 0 Å². The van der Waals surface area contributed by atoms with Crippen LogP contribution in [0.15, 0.2) is 12.2 Å². The summed E-state index contributed by atoms with van der Waals surface area (Å²) >= 11 is 0. The van der Waals surface area contributed by atoms with Crippen LogP contribution in [-0.4, -0.2) is 41.1 Å². The van der Waals surface area contributed by atoms with E-state index in [1.54, 1.807) is 0 Å². The first kappa shape index (κ1) is 19.6. The molecule has 0 amide bonds. The van der Waals surface area contributed by atoms with Crippen LogP contribution in [-0.2, 0) is 9.53 Å². The number of carbonyl (C=O) groups is 1. The summed E-state index contributed by atoms with van der Waals surface area (Å²) < 4.78 is 105. The van der Waals surface area contributed by atoms with Gasteiger partial charge in [0, 0.05) is 5.57 Å². The molecular weight excluding hydrogens is 320 g/mol. The van der Waals surface area contributed by atoms with Crippen molar-refractivity contribution in [1.82, 2.24) is 0 Å². The molecule has 0 aromatic rings. The Morgan fingerprint density at radius 1 is 1.10 bits per heavy atom. The maximum Gasteiger partial charge on any atom is 0.431 e. The minimum atomic E-state index is -6.10. The van der Waals surface area contributed by atoms with Crippen LogP contribution in [0.5, 0.6) is 0 Å². The predicted octanol–water partition coefficient (Wildman–Crippen LogP) is 2.99. The molecule has 0 saturated heterocycles. The lowest BCUT2D eigenvalue weighted by molar-refractivity contribution is -0.371. The summed E-state index contributed by atoms with van der Waals surface area (Å²) in [6.07, 6.45) is -16.6. The molecule has 0 bridgehead atoms. The van der Waals surface area contributed by atoms with Crippen molar-refractivity contribution in [3.8, 4) is 0 Å². The zero-order chi connectivity index (χ0) is 17.4. The number of ether oxygens (including phenoxy) is 1. The Bertz CT molecular complexity index is 421. The van der Waals surface area contributed by atoms with Gasteiger partial charge in [-0.2, -0.15) is 35.1 Å². The highest BCUT2D eigenvalue weighted by molar-refractivity contribution is 5.87. The molecule has 0 aromatic carbocycles. The van der Waals surface area contributed by atoms with Crippen LogP contribution >= 0.6 is 0 Å². The maximum atomic E-state index is 13.5. The van der Waals surface area contributed by atoms with Crippen molar-refractivity contribution in [1.29, 1.82) is 0 Å². The average molecular weight is 330 g/mol. The first-order chi connectivity index (χ1) is 8.96. The van der Waals surface area contributed by atoms with Crippen LogP contribution in [0.4, 0.5) is 35.1 Å². The molecule has 0 spiro atoms. The summed E-state index contributed by atoms with van der Waals surface area (Å²) in [5.74, 6) is -7.86. The van der Waals surface area contributed by atoms with Crippen molar-refractivity contribution in [3.05, 3.63) is 12.2 Å². The Labute approximate surface area is 113 Å². The van der Waals surface area contributed by atoms with Crippen molar-refractivity contribution < 1.29 is 49.8 Å². The minimum Gasteiger partial charge on any atom is -0.443 e. The van der Waals surface area contributed by atoms with Crippen molar-refractivity contribution in [2.75, 3.05) is 0 Å². The van der Waals surface area contributed by atoms with Gasteiger partial charge in [0.05, 0.1) is 0 Å². The van der Waals surface area contributed by atoms with Crippen LogP contribution in [0.25, 0.3) is 0 Å². The van der Waals surface area contributed by atoms with E-state index in [4.69, 9.17) is 5.11 Å². The van der Waals surface area contributed by atoms with Gasteiger partial charge in [-0.3, -0.25) is 0 Å². The predicted molar refractivity (Wildman–Crippen MR) is 52.4 cm³/mol. The van der Waals surface area contributed by atoms with Gasteiger partial charge in [0.25, 0.3) is 6.10 Å². The van der Waals surface area contributed by atoms with Crippen molar-refractivity contribution in [3.63, 3.8) is 0 Å². The smallest absolute Gasteiger partial charge is 0.431 e.